The van der Waals surface area contributed by atoms with E-state index in [4.69, 9.17) is 0 Å². The van der Waals surface area contributed by atoms with Gasteiger partial charge >= 0.3 is 0 Å². The predicted octanol–water partition coefficient (Wildman–Crippen LogP) is 3.20. The number of nitrogens with one attached hydrogen (secondary N) is 1. The number of halogens is 1. The van der Waals surface area contributed by atoms with Crippen molar-refractivity contribution in [3.63, 3.8) is 0 Å². The molecule has 1 aromatic carbocycles. The number of rotatable bonds is 4. The fraction of sp³-hybridized carbons (Fsp3) is 0.600. The molecule has 0 spiro atoms. The van der Waals surface area contributed by atoms with Crippen LogP contribution in [0.5, 0.6) is 0 Å². The van der Waals surface area contributed by atoms with E-state index in [-0.39, 0.29) is 12.4 Å². The zero-order valence-corrected chi connectivity index (χ0v) is 11.9. The van der Waals surface area contributed by atoms with Gasteiger partial charge in [0.2, 0.25) is 0 Å². The molecule has 0 saturated heterocycles. The number of aryl methyl sites for hydroxylation is 1. The molecule has 1 aliphatic carbocycles. The molecule has 2 rings (SSSR count). The second-order valence-corrected chi connectivity index (χ2v) is 5.37. The van der Waals surface area contributed by atoms with Gasteiger partial charge in [-0.25, -0.2) is 0 Å². The van der Waals surface area contributed by atoms with Crippen molar-refractivity contribution >= 4 is 12.4 Å². The van der Waals surface area contributed by atoms with Crippen LogP contribution < -0.4 is 5.32 Å². The molecule has 0 aliphatic heterocycles. The lowest BCUT2D eigenvalue weighted by molar-refractivity contribution is 0.00467. The van der Waals surface area contributed by atoms with Crippen molar-refractivity contribution in [3.8, 4) is 0 Å². The first-order valence-corrected chi connectivity index (χ1v) is 6.67. The molecule has 1 aliphatic rings. The molecular formula is C15H24ClNO. The Morgan fingerprint density at radius 3 is 2.33 bits per heavy atom. The summed E-state index contributed by atoms with van der Waals surface area (Å²) >= 11 is 0. The Morgan fingerprint density at radius 2 is 1.72 bits per heavy atom. The van der Waals surface area contributed by atoms with Crippen LogP contribution in [-0.2, 0) is 6.54 Å². The summed E-state index contributed by atoms with van der Waals surface area (Å²) in [6, 6.07) is 8.55. The second-order valence-electron chi connectivity index (χ2n) is 5.37. The molecule has 102 valence electrons. The van der Waals surface area contributed by atoms with E-state index in [0.717, 1.165) is 25.9 Å². The Hall–Kier alpha value is -0.570. The van der Waals surface area contributed by atoms with Gasteiger partial charge in [-0.15, -0.1) is 12.4 Å². The largest absolute Gasteiger partial charge is 0.389 e. The maximum Gasteiger partial charge on any atom is 0.0771 e. The molecule has 0 heterocycles. The molecule has 18 heavy (non-hydrogen) atoms. The first-order chi connectivity index (χ1) is 8.18. The zero-order valence-electron chi connectivity index (χ0n) is 11.1. The van der Waals surface area contributed by atoms with Gasteiger partial charge in [0.05, 0.1) is 5.60 Å². The molecule has 0 atom stereocenters. The van der Waals surface area contributed by atoms with Crippen LogP contribution in [0.3, 0.4) is 0 Å². The minimum atomic E-state index is -0.455. The molecular weight excluding hydrogens is 246 g/mol. The monoisotopic (exact) mass is 269 g/mol. The Balaban J connectivity index is 0.00000162. The van der Waals surface area contributed by atoms with Gasteiger partial charge in [0.15, 0.2) is 0 Å². The first kappa shape index (κ1) is 15.5. The van der Waals surface area contributed by atoms with Gasteiger partial charge < -0.3 is 10.4 Å². The van der Waals surface area contributed by atoms with E-state index in [2.05, 4.69) is 36.5 Å². The highest BCUT2D eigenvalue weighted by Gasteiger charge is 2.28. The molecule has 2 N–H and O–H groups in total. The van der Waals surface area contributed by atoms with Gasteiger partial charge in [-0.05, 0) is 25.3 Å². The van der Waals surface area contributed by atoms with Crippen LogP contribution in [0.4, 0.5) is 0 Å². The molecule has 0 bridgehead atoms. The van der Waals surface area contributed by atoms with Gasteiger partial charge in [-0.2, -0.15) is 0 Å². The smallest absolute Gasteiger partial charge is 0.0771 e. The van der Waals surface area contributed by atoms with Gasteiger partial charge in [0, 0.05) is 13.1 Å². The molecule has 1 saturated carbocycles. The SMILES string of the molecule is Cc1ccc(CNCC2(O)CCCCC2)cc1.Cl. The summed E-state index contributed by atoms with van der Waals surface area (Å²) in [7, 11) is 0. The maximum absolute atomic E-state index is 10.3. The lowest BCUT2D eigenvalue weighted by Gasteiger charge is -2.32. The van der Waals surface area contributed by atoms with Crippen molar-refractivity contribution < 1.29 is 5.11 Å². The summed E-state index contributed by atoms with van der Waals surface area (Å²) in [5.41, 5.74) is 2.12. The average Bonchev–Trinajstić information content (AvgIpc) is 2.32. The van der Waals surface area contributed by atoms with Crippen LogP contribution >= 0.6 is 12.4 Å². The minimum absolute atomic E-state index is 0. The maximum atomic E-state index is 10.3. The van der Waals surface area contributed by atoms with E-state index in [1.165, 1.54) is 30.4 Å². The fourth-order valence-corrected chi connectivity index (χ4v) is 2.53. The number of hydrogen-bond acceptors (Lipinski definition) is 2. The van der Waals surface area contributed by atoms with E-state index in [9.17, 15) is 5.11 Å². The van der Waals surface area contributed by atoms with Crippen molar-refractivity contribution in [2.24, 2.45) is 0 Å². The highest BCUT2D eigenvalue weighted by Crippen LogP contribution is 2.27. The van der Waals surface area contributed by atoms with Gasteiger partial charge in [0.25, 0.3) is 0 Å². The predicted molar refractivity (Wildman–Crippen MR) is 78.2 cm³/mol. The summed E-state index contributed by atoms with van der Waals surface area (Å²) in [4.78, 5) is 0. The Morgan fingerprint density at radius 1 is 1.11 bits per heavy atom. The summed E-state index contributed by atoms with van der Waals surface area (Å²) < 4.78 is 0. The Labute approximate surface area is 116 Å². The topological polar surface area (TPSA) is 32.3 Å². The van der Waals surface area contributed by atoms with Crippen molar-refractivity contribution in [2.75, 3.05) is 6.54 Å². The third-order valence-electron chi connectivity index (χ3n) is 3.69. The third kappa shape index (κ3) is 4.60. The number of hydrogen-bond donors (Lipinski definition) is 2. The third-order valence-corrected chi connectivity index (χ3v) is 3.69. The molecule has 0 unspecified atom stereocenters. The summed E-state index contributed by atoms with van der Waals surface area (Å²) in [5.74, 6) is 0. The van der Waals surface area contributed by atoms with E-state index in [0.29, 0.717) is 0 Å². The van der Waals surface area contributed by atoms with Crippen LogP contribution in [0.1, 0.15) is 43.2 Å². The normalized spacial score (nSPS) is 18.1. The van der Waals surface area contributed by atoms with Crippen molar-refractivity contribution in [2.45, 2.75) is 51.2 Å². The second kappa shape index (κ2) is 7.13. The summed E-state index contributed by atoms with van der Waals surface area (Å²) in [5, 5.41) is 13.7. The zero-order chi connectivity index (χ0) is 12.1. The lowest BCUT2D eigenvalue weighted by Crippen LogP contribution is -2.41. The molecule has 0 radical (unpaired) electrons. The van der Waals surface area contributed by atoms with Gasteiger partial charge in [0.1, 0.15) is 0 Å². The number of aliphatic hydroxyl groups is 1. The summed E-state index contributed by atoms with van der Waals surface area (Å²) in [6.45, 7) is 3.67. The van der Waals surface area contributed by atoms with Crippen LogP contribution in [0.25, 0.3) is 0 Å². The molecule has 3 heteroatoms. The van der Waals surface area contributed by atoms with E-state index < -0.39 is 5.60 Å². The fourth-order valence-electron chi connectivity index (χ4n) is 2.53. The minimum Gasteiger partial charge on any atom is -0.389 e. The van der Waals surface area contributed by atoms with Crippen molar-refractivity contribution in [1.82, 2.24) is 5.32 Å². The van der Waals surface area contributed by atoms with E-state index in [1.54, 1.807) is 0 Å². The Kier molecular flexibility index (Phi) is 6.13. The molecule has 0 aromatic heterocycles. The Bertz CT molecular complexity index is 344. The molecule has 1 aromatic rings. The van der Waals surface area contributed by atoms with Crippen LogP contribution in [0.15, 0.2) is 24.3 Å². The lowest BCUT2D eigenvalue weighted by atomic mass is 9.85. The summed E-state index contributed by atoms with van der Waals surface area (Å²) in [6.07, 6.45) is 5.52. The van der Waals surface area contributed by atoms with Crippen molar-refractivity contribution in [3.05, 3.63) is 35.4 Å². The molecule has 2 nitrogen and oxygen atoms in total. The van der Waals surface area contributed by atoms with Crippen LogP contribution in [0, 0.1) is 6.92 Å². The van der Waals surface area contributed by atoms with Gasteiger partial charge in [-0.3, -0.25) is 0 Å². The molecule has 0 amide bonds. The first-order valence-electron chi connectivity index (χ1n) is 6.67. The highest BCUT2D eigenvalue weighted by molar-refractivity contribution is 5.85. The van der Waals surface area contributed by atoms with Crippen molar-refractivity contribution in [1.29, 1.82) is 0 Å². The van der Waals surface area contributed by atoms with Crippen LogP contribution in [0.2, 0.25) is 0 Å². The quantitative estimate of drug-likeness (QED) is 0.880. The molecule has 1 fully saturated rings. The van der Waals surface area contributed by atoms with Crippen LogP contribution in [-0.4, -0.2) is 17.3 Å². The van der Waals surface area contributed by atoms with E-state index in [1.807, 2.05) is 0 Å². The average molecular weight is 270 g/mol. The number of benzene rings is 1. The van der Waals surface area contributed by atoms with E-state index >= 15 is 0 Å². The van der Waals surface area contributed by atoms with Gasteiger partial charge in [-0.1, -0.05) is 49.1 Å². The standard InChI is InChI=1S/C15H23NO.ClH/c1-13-5-7-14(8-6-13)11-16-12-15(17)9-3-2-4-10-15;/h5-8,16-17H,2-4,9-12H2,1H3;1H. The highest BCUT2D eigenvalue weighted by atomic mass is 35.5.